The van der Waals surface area contributed by atoms with E-state index in [4.69, 9.17) is 9.15 Å². The normalized spacial score (nSPS) is 14.9. The minimum atomic E-state index is -0.217. The molecule has 0 radical (unpaired) electrons. The average molecular weight is 392 g/mol. The first-order chi connectivity index (χ1) is 14.2. The fourth-order valence-corrected chi connectivity index (χ4v) is 3.97. The summed E-state index contributed by atoms with van der Waals surface area (Å²) < 4.78 is 11.1. The smallest absolute Gasteiger partial charge is 0.287 e. The highest BCUT2D eigenvalue weighted by atomic mass is 16.5. The lowest BCUT2D eigenvalue weighted by Gasteiger charge is -2.26. The van der Waals surface area contributed by atoms with E-state index < -0.39 is 0 Å². The van der Waals surface area contributed by atoms with E-state index in [1.165, 1.54) is 37.9 Å². The molecule has 152 valence electrons. The Hall–Kier alpha value is -2.63. The van der Waals surface area contributed by atoms with E-state index in [0.29, 0.717) is 24.5 Å². The Balaban J connectivity index is 1.39. The van der Waals surface area contributed by atoms with E-state index in [0.717, 1.165) is 23.1 Å². The maximum atomic E-state index is 12.7. The molecule has 1 saturated heterocycles. The number of methoxy groups -OCH3 is 1. The molecule has 5 nitrogen and oxygen atoms in total. The van der Waals surface area contributed by atoms with Crippen LogP contribution < -0.4 is 5.32 Å². The molecule has 0 atom stereocenters. The number of nitrogens with one attached hydrogen (secondary N) is 1. The van der Waals surface area contributed by atoms with Crippen LogP contribution in [-0.2, 0) is 24.4 Å². The van der Waals surface area contributed by atoms with Crippen molar-refractivity contribution < 1.29 is 13.9 Å². The third kappa shape index (κ3) is 4.69. The van der Waals surface area contributed by atoms with Gasteiger partial charge in [0.1, 0.15) is 5.58 Å². The Morgan fingerprint density at radius 1 is 1.03 bits per heavy atom. The Kier molecular flexibility index (Phi) is 6.27. The van der Waals surface area contributed by atoms with Gasteiger partial charge in [-0.2, -0.15) is 0 Å². The van der Waals surface area contributed by atoms with Gasteiger partial charge in [0.2, 0.25) is 0 Å². The van der Waals surface area contributed by atoms with Gasteiger partial charge in [-0.05, 0) is 43.1 Å². The van der Waals surface area contributed by atoms with Crippen molar-refractivity contribution in [3.8, 4) is 0 Å². The lowest BCUT2D eigenvalue weighted by molar-refractivity contribution is 0.0918. The van der Waals surface area contributed by atoms with E-state index in [1.807, 2.05) is 24.3 Å². The molecular formula is C24H28N2O3. The van der Waals surface area contributed by atoms with Gasteiger partial charge in [-0.25, -0.2) is 0 Å². The second-order valence-corrected chi connectivity index (χ2v) is 7.67. The number of hydrogen-bond donors (Lipinski definition) is 1. The molecule has 0 unspecified atom stereocenters. The van der Waals surface area contributed by atoms with E-state index in [-0.39, 0.29) is 5.91 Å². The summed E-state index contributed by atoms with van der Waals surface area (Å²) in [5.41, 5.74) is 3.89. The summed E-state index contributed by atoms with van der Waals surface area (Å²) in [6, 6.07) is 16.2. The molecule has 2 aromatic carbocycles. The number of piperidine rings is 1. The molecule has 0 saturated carbocycles. The van der Waals surface area contributed by atoms with Crippen LogP contribution in [0.25, 0.3) is 11.0 Å². The lowest BCUT2D eigenvalue weighted by atomic mass is 10.1. The first-order valence-electron chi connectivity index (χ1n) is 10.3. The number of nitrogens with zero attached hydrogens (tertiary/aromatic N) is 1. The number of hydrogen-bond acceptors (Lipinski definition) is 4. The van der Waals surface area contributed by atoms with Crippen LogP contribution in [0.1, 0.15) is 46.5 Å². The number of carbonyl (C=O) groups excluding carboxylic acids is 1. The number of benzene rings is 2. The van der Waals surface area contributed by atoms with Crippen LogP contribution in [-0.4, -0.2) is 31.0 Å². The van der Waals surface area contributed by atoms with Crippen molar-refractivity contribution in [2.75, 3.05) is 20.2 Å². The van der Waals surface area contributed by atoms with Gasteiger partial charge in [0.05, 0.1) is 6.61 Å². The number of furan rings is 1. The molecule has 2 heterocycles. The Morgan fingerprint density at radius 2 is 1.76 bits per heavy atom. The van der Waals surface area contributed by atoms with Crippen molar-refractivity contribution in [3.05, 3.63) is 71.0 Å². The number of ether oxygens (including phenoxy) is 1. The van der Waals surface area contributed by atoms with Gasteiger partial charge in [0.15, 0.2) is 5.76 Å². The van der Waals surface area contributed by atoms with Gasteiger partial charge in [-0.1, -0.05) is 48.9 Å². The van der Waals surface area contributed by atoms with Crippen LogP contribution in [0, 0.1) is 0 Å². The number of carbonyl (C=O) groups is 1. The van der Waals surface area contributed by atoms with Crippen molar-refractivity contribution in [3.63, 3.8) is 0 Å². The minimum Gasteiger partial charge on any atom is -0.451 e. The zero-order valence-corrected chi connectivity index (χ0v) is 16.9. The van der Waals surface area contributed by atoms with Crippen LogP contribution in [0.3, 0.4) is 0 Å². The SMILES string of the molecule is COCc1c(C(=O)NCc2ccc(CN3CCCCC3)cc2)oc2ccccc12. The largest absolute Gasteiger partial charge is 0.451 e. The van der Waals surface area contributed by atoms with Crippen LogP contribution in [0.2, 0.25) is 0 Å². The molecule has 5 heteroatoms. The lowest BCUT2D eigenvalue weighted by Crippen LogP contribution is -2.29. The molecule has 0 bridgehead atoms. The Labute approximate surface area is 171 Å². The topological polar surface area (TPSA) is 54.7 Å². The number of likely N-dealkylation sites (tertiary alicyclic amines) is 1. The molecule has 0 aliphatic carbocycles. The van der Waals surface area contributed by atoms with E-state index in [1.54, 1.807) is 7.11 Å². The van der Waals surface area contributed by atoms with Crippen molar-refractivity contribution in [2.24, 2.45) is 0 Å². The van der Waals surface area contributed by atoms with E-state index >= 15 is 0 Å². The maximum absolute atomic E-state index is 12.7. The summed E-state index contributed by atoms with van der Waals surface area (Å²) >= 11 is 0. The number of amides is 1. The highest BCUT2D eigenvalue weighted by Gasteiger charge is 2.20. The minimum absolute atomic E-state index is 0.217. The van der Waals surface area contributed by atoms with Gasteiger partial charge >= 0.3 is 0 Å². The molecule has 1 N–H and O–H groups in total. The Morgan fingerprint density at radius 3 is 2.52 bits per heavy atom. The fourth-order valence-electron chi connectivity index (χ4n) is 3.97. The third-order valence-electron chi connectivity index (χ3n) is 5.52. The molecule has 4 rings (SSSR count). The van der Waals surface area contributed by atoms with Crippen molar-refractivity contribution in [2.45, 2.75) is 39.0 Å². The maximum Gasteiger partial charge on any atom is 0.287 e. The predicted molar refractivity (Wildman–Crippen MR) is 114 cm³/mol. The summed E-state index contributed by atoms with van der Waals surface area (Å²) in [5.74, 6) is 0.111. The third-order valence-corrected chi connectivity index (χ3v) is 5.52. The Bertz CT molecular complexity index is 956. The molecule has 1 amide bonds. The van der Waals surface area contributed by atoms with Crippen LogP contribution >= 0.6 is 0 Å². The van der Waals surface area contributed by atoms with E-state index in [9.17, 15) is 4.79 Å². The second-order valence-electron chi connectivity index (χ2n) is 7.67. The van der Waals surface area contributed by atoms with Crippen LogP contribution in [0.5, 0.6) is 0 Å². The van der Waals surface area contributed by atoms with Crippen molar-refractivity contribution in [1.29, 1.82) is 0 Å². The summed E-state index contributed by atoms with van der Waals surface area (Å²) in [5, 5.41) is 3.90. The van der Waals surface area contributed by atoms with Gasteiger partial charge in [0, 0.05) is 31.1 Å². The highest BCUT2D eigenvalue weighted by molar-refractivity contribution is 5.99. The standard InChI is InChI=1S/C24H28N2O3/c1-28-17-21-20-7-3-4-8-22(20)29-23(21)24(27)25-15-18-9-11-19(12-10-18)16-26-13-5-2-6-14-26/h3-4,7-12H,2,5-6,13-17H2,1H3,(H,25,27). The van der Waals surface area contributed by atoms with Gasteiger partial charge < -0.3 is 14.5 Å². The van der Waals surface area contributed by atoms with Crippen LogP contribution in [0.4, 0.5) is 0 Å². The summed E-state index contributed by atoms with van der Waals surface area (Å²) in [6.07, 6.45) is 3.96. The molecular weight excluding hydrogens is 364 g/mol. The number of fused-ring (bicyclic) bond motifs is 1. The zero-order valence-electron chi connectivity index (χ0n) is 16.9. The van der Waals surface area contributed by atoms with Crippen molar-refractivity contribution in [1.82, 2.24) is 10.2 Å². The van der Waals surface area contributed by atoms with E-state index in [2.05, 4.69) is 34.5 Å². The van der Waals surface area contributed by atoms with Crippen LogP contribution in [0.15, 0.2) is 52.9 Å². The molecule has 3 aromatic rings. The predicted octanol–water partition coefficient (Wildman–Crippen LogP) is 4.50. The molecule has 1 fully saturated rings. The molecule has 1 aliphatic rings. The monoisotopic (exact) mass is 392 g/mol. The van der Waals surface area contributed by atoms with Gasteiger partial charge in [-0.3, -0.25) is 9.69 Å². The highest BCUT2D eigenvalue weighted by Crippen LogP contribution is 2.26. The fraction of sp³-hybridized carbons (Fsp3) is 0.375. The number of rotatable bonds is 7. The number of para-hydroxylation sites is 1. The quantitative estimate of drug-likeness (QED) is 0.643. The molecule has 29 heavy (non-hydrogen) atoms. The first-order valence-corrected chi connectivity index (χ1v) is 10.3. The van der Waals surface area contributed by atoms with Gasteiger partial charge in [-0.15, -0.1) is 0 Å². The molecule has 1 aromatic heterocycles. The first kappa shape index (κ1) is 19.7. The average Bonchev–Trinajstić information content (AvgIpc) is 3.13. The van der Waals surface area contributed by atoms with Crippen molar-refractivity contribution >= 4 is 16.9 Å². The summed E-state index contributed by atoms with van der Waals surface area (Å²) in [6.45, 7) is 4.20. The molecule has 0 spiro atoms. The summed E-state index contributed by atoms with van der Waals surface area (Å²) in [7, 11) is 1.62. The summed E-state index contributed by atoms with van der Waals surface area (Å²) in [4.78, 5) is 15.3. The van der Waals surface area contributed by atoms with Gasteiger partial charge in [0.25, 0.3) is 5.91 Å². The zero-order chi connectivity index (χ0) is 20.1. The second kappa shape index (κ2) is 9.25. The molecule has 1 aliphatic heterocycles.